The molecule has 1 fully saturated rings. The van der Waals surface area contributed by atoms with E-state index >= 15 is 0 Å². The normalized spacial score (nSPS) is 27.7. The predicted molar refractivity (Wildman–Crippen MR) is 62.9 cm³/mol. The van der Waals surface area contributed by atoms with Crippen LogP contribution in [0.4, 0.5) is 13.2 Å². The molecule has 0 aliphatic carbocycles. The Labute approximate surface area is 102 Å². The lowest BCUT2D eigenvalue weighted by Gasteiger charge is -2.37. The summed E-state index contributed by atoms with van der Waals surface area (Å²) >= 11 is 0. The van der Waals surface area contributed by atoms with E-state index in [-0.39, 0.29) is 6.04 Å². The first kappa shape index (κ1) is 14.8. The first-order valence-corrected chi connectivity index (χ1v) is 6.28. The molecule has 0 aromatic heterocycles. The molecule has 5 heteroatoms. The van der Waals surface area contributed by atoms with Crippen LogP contribution in [0.3, 0.4) is 0 Å². The van der Waals surface area contributed by atoms with Crippen molar-refractivity contribution in [1.82, 2.24) is 10.2 Å². The third-order valence-corrected chi connectivity index (χ3v) is 2.95. The van der Waals surface area contributed by atoms with Crippen molar-refractivity contribution in [2.45, 2.75) is 39.4 Å². The molecule has 1 rings (SSSR count). The van der Waals surface area contributed by atoms with Crippen molar-refractivity contribution < 1.29 is 13.2 Å². The Bertz CT molecular complexity index is 226. The highest BCUT2D eigenvalue weighted by Crippen LogP contribution is 2.19. The smallest absolute Gasteiger partial charge is 0.305 e. The molecule has 1 N–H and O–H groups in total. The van der Waals surface area contributed by atoms with E-state index in [1.807, 2.05) is 0 Å². The number of hydrogen-bond acceptors (Lipinski definition) is 2. The Morgan fingerprint density at radius 3 is 2.47 bits per heavy atom. The van der Waals surface area contributed by atoms with E-state index in [0.29, 0.717) is 11.8 Å². The molecular weight excluding hydrogens is 229 g/mol. The van der Waals surface area contributed by atoms with Crippen LogP contribution >= 0.6 is 0 Å². The van der Waals surface area contributed by atoms with Gasteiger partial charge in [-0.2, -0.15) is 13.2 Å². The number of hydrogen-bond donors (Lipinski definition) is 1. The fraction of sp³-hybridized carbons (Fsp3) is 1.00. The fourth-order valence-corrected chi connectivity index (χ4v) is 2.54. The van der Waals surface area contributed by atoms with Gasteiger partial charge in [0.2, 0.25) is 0 Å². The van der Waals surface area contributed by atoms with Crippen LogP contribution < -0.4 is 5.32 Å². The van der Waals surface area contributed by atoms with Gasteiger partial charge in [-0.25, -0.2) is 0 Å². The third kappa shape index (κ3) is 6.27. The standard InChI is InChI=1S/C12H23F3N2/c1-9(2)5-17-6-10(3)4-11(7-17)16-8-12(13,14)15/h9-11,16H,4-8H2,1-3H3. The summed E-state index contributed by atoms with van der Waals surface area (Å²) in [5.41, 5.74) is 0. The molecule has 1 aliphatic rings. The number of alkyl halides is 3. The van der Waals surface area contributed by atoms with Gasteiger partial charge in [0.25, 0.3) is 0 Å². The van der Waals surface area contributed by atoms with Crippen LogP contribution in [0, 0.1) is 11.8 Å². The summed E-state index contributed by atoms with van der Waals surface area (Å²) in [5.74, 6) is 1.02. The Morgan fingerprint density at radius 2 is 1.94 bits per heavy atom. The summed E-state index contributed by atoms with van der Waals surface area (Å²) in [7, 11) is 0. The van der Waals surface area contributed by atoms with Crippen molar-refractivity contribution in [1.29, 1.82) is 0 Å². The summed E-state index contributed by atoms with van der Waals surface area (Å²) in [4.78, 5) is 2.27. The zero-order valence-corrected chi connectivity index (χ0v) is 10.8. The average Bonchev–Trinajstić information content (AvgIpc) is 2.11. The molecule has 0 spiro atoms. The topological polar surface area (TPSA) is 15.3 Å². The van der Waals surface area contributed by atoms with Crippen LogP contribution in [0.15, 0.2) is 0 Å². The van der Waals surface area contributed by atoms with Gasteiger partial charge in [0.1, 0.15) is 0 Å². The van der Waals surface area contributed by atoms with Gasteiger partial charge < -0.3 is 10.2 Å². The Hall–Kier alpha value is -0.290. The van der Waals surface area contributed by atoms with Gasteiger partial charge in [-0.3, -0.25) is 0 Å². The zero-order valence-electron chi connectivity index (χ0n) is 10.8. The summed E-state index contributed by atoms with van der Waals surface area (Å²) in [5, 5.41) is 2.63. The minimum absolute atomic E-state index is 0.0286. The van der Waals surface area contributed by atoms with E-state index in [4.69, 9.17) is 0 Å². The lowest BCUT2D eigenvalue weighted by atomic mass is 9.95. The summed E-state index contributed by atoms with van der Waals surface area (Å²) in [6, 6.07) is -0.0286. The number of halogens is 3. The average molecular weight is 252 g/mol. The van der Waals surface area contributed by atoms with Crippen molar-refractivity contribution in [3.63, 3.8) is 0 Å². The van der Waals surface area contributed by atoms with Crippen LogP contribution in [-0.2, 0) is 0 Å². The number of likely N-dealkylation sites (tertiary alicyclic amines) is 1. The maximum atomic E-state index is 12.1. The molecule has 2 unspecified atom stereocenters. The maximum Gasteiger partial charge on any atom is 0.401 e. The van der Waals surface area contributed by atoms with Gasteiger partial charge >= 0.3 is 6.18 Å². The van der Waals surface area contributed by atoms with Crippen molar-refractivity contribution in [2.24, 2.45) is 11.8 Å². The van der Waals surface area contributed by atoms with E-state index in [0.717, 1.165) is 26.1 Å². The molecular formula is C12H23F3N2. The maximum absolute atomic E-state index is 12.1. The lowest BCUT2D eigenvalue weighted by Crippen LogP contribution is -2.51. The van der Waals surface area contributed by atoms with Crippen LogP contribution in [0.2, 0.25) is 0 Å². The minimum Gasteiger partial charge on any atom is -0.305 e. The molecule has 0 amide bonds. The van der Waals surface area contributed by atoms with Gasteiger partial charge in [0.15, 0.2) is 0 Å². The Balaban J connectivity index is 2.39. The van der Waals surface area contributed by atoms with Crippen LogP contribution in [0.25, 0.3) is 0 Å². The van der Waals surface area contributed by atoms with Crippen LogP contribution in [0.5, 0.6) is 0 Å². The second-order valence-electron chi connectivity index (χ2n) is 5.65. The van der Waals surface area contributed by atoms with Crippen molar-refractivity contribution in [3.8, 4) is 0 Å². The van der Waals surface area contributed by atoms with E-state index in [2.05, 4.69) is 31.0 Å². The fourth-order valence-electron chi connectivity index (χ4n) is 2.54. The highest BCUT2D eigenvalue weighted by Gasteiger charge is 2.31. The summed E-state index contributed by atoms with van der Waals surface area (Å²) in [6.45, 7) is 8.21. The van der Waals surface area contributed by atoms with Gasteiger partial charge in [0, 0.05) is 25.7 Å². The molecule has 102 valence electrons. The molecule has 1 saturated heterocycles. The number of rotatable bonds is 4. The van der Waals surface area contributed by atoms with Crippen molar-refractivity contribution in [2.75, 3.05) is 26.2 Å². The highest BCUT2D eigenvalue weighted by molar-refractivity contribution is 4.82. The van der Waals surface area contributed by atoms with Gasteiger partial charge in [-0.1, -0.05) is 20.8 Å². The number of nitrogens with zero attached hydrogens (tertiary/aromatic N) is 1. The SMILES string of the molecule is CC(C)CN1CC(C)CC(NCC(F)(F)F)C1. The van der Waals surface area contributed by atoms with Crippen molar-refractivity contribution in [3.05, 3.63) is 0 Å². The molecule has 2 nitrogen and oxygen atoms in total. The number of piperidine rings is 1. The molecule has 2 atom stereocenters. The van der Waals surface area contributed by atoms with E-state index in [9.17, 15) is 13.2 Å². The second-order valence-corrected chi connectivity index (χ2v) is 5.65. The van der Waals surface area contributed by atoms with Crippen molar-refractivity contribution >= 4 is 0 Å². The zero-order chi connectivity index (χ0) is 13.1. The van der Waals surface area contributed by atoms with Gasteiger partial charge in [0.05, 0.1) is 6.54 Å². The minimum atomic E-state index is -4.11. The molecule has 0 radical (unpaired) electrons. The molecule has 0 aromatic rings. The summed E-state index contributed by atoms with van der Waals surface area (Å²) < 4.78 is 36.4. The third-order valence-electron chi connectivity index (χ3n) is 2.95. The summed E-state index contributed by atoms with van der Waals surface area (Å²) in [6.07, 6.45) is -3.27. The van der Waals surface area contributed by atoms with Crippen LogP contribution in [0.1, 0.15) is 27.2 Å². The molecule has 0 saturated carbocycles. The van der Waals surface area contributed by atoms with E-state index < -0.39 is 12.7 Å². The molecule has 1 heterocycles. The largest absolute Gasteiger partial charge is 0.401 e. The molecule has 0 aromatic carbocycles. The number of nitrogens with one attached hydrogen (secondary N) is 1. The lowest BCUT2D eigenvalue weighted by molar-refractivity contribution is -0.127. The highest BCUT2D eigenvalue weighted by atomic mass is 19.4. The molecule has 1 aliphatic heterocycles. The van der Waals surface area contributed by atoms with Gasteiger partial charge in [-0.05, 0) is 18.3 Å². The Kier molecular flexibility index (Phi) is 5.25. The van der Waals surface area contributed by atoms with Crippen LogP contribution in [-0.4, -0.2) is 43.3 Å². The van der Waals surface area contributed by atoms with E-state index in [1.165, 1.54) is 0 Å². The molecule has 0 bridgehead atoms. The first-order valence-electron chi connectivity index (χ1n) is 6.28. The quantitative estimate of drug-likeness (QED) is 0.827. The second kappa shape index (κ2) is 6.05. The monoisotopic (exact) mass is 252 g/mol. The molecule has 17 heavy (non-hydrogen) atoms. The first-order chi connectivity index (χ1) is 7.76. The van der Waals surface area contributed by atoms with Gasteiger partial charge in [-0.15, -0.1) is 0 Å². The predicted octanol–water partition coefficient (Wildman–Crippen LogP) is 2.50. The van der Waals surface area contributed by atoms with E-state index in [1.54, 1.807) is 0 Å². The Morgan fingerprint density at radius 1 is 1.29 bits per heavy atom.